The quantitative estimate of drug-likeness (QED) is 0.713. The molecule has 94 valence electrons. The largest absolute Gasteiger partial charge is 0.396 e. The van der Waals surface area contributed by atoms with Crippen LogP contribution in [0.5, 0.6) is 0 Å². The van der Waals surface area contributed by atoms with E-state index in [0.717, 1.165) is 32.5 Å². The summed E-state index contributed by atoms with van der Waals surface area (Å²) in [5.74, 6) is 0.947. The van der Waals surface area contributed by atoms with Gasteiger partial charge in [0.25, 0.3) is 0 Å². The van der Waals surface area contributed by atoms with E-state index < -0.39 is 0 Å². The van der Waals surface area contributed by atoms with Crippen LogP contribution >= 0.6 is 0 Å². The Kier molecular flexibility index (Phi) is 4.62. The maximum atomic E-state index is 10.1. The second-order valence-corrected chi connectivity index (χ2v) is 5.56. The van der Waals surface area contributed by atoms with Gasteiger partial charge in [0.1, 0.15) is 0 Å². The van der Waals surface area contributed by atoms with Gasteiger partial charge in [-0.15, -0.1) is 0 Å². The van der Waals surface area contributed by atoms with Gasteiger partial charge in [-0.3, -0.25) is 0 Å². The third kappa shape index (κ3) is 3.19. The maximum absolute atomic E-state index is 10.1. The molecule has 1 aliphatic heterocycles. The molecule has 0 aromatic carbocycles. The van der Waals surface area contributed by atoms with Gasteiger partial charge in [0.15, 0.2) is 0 Å². The molecule has 3 nitrogen and oxygen atoms in total. The van der Waals surface area contributed by atoms with Crippen LogP contribution < -0.4 is 0 Å². The van der Waals surface area contributed by atoms with E-state index in [1.165, 1.54) is 25.7 Å². The molecule has 2 aliphatic rings. The lowest BCUT2D eigenvalue weighted by Crippen LogP contribution is -2.33. The van der Waals surface area contributed by atoms with E-state index in [9.17, 15) is 5.11 Å². The van der Waals surface area contributed by atoms with Crippen molar-refractivity contribution in [1.29, 1.82) is 0 Å². The zero-order chi connectivity index (χ0) is 11.4. The van der Waals surface area contributed by atoms with Crippen LogP contribution in [0.15, 0.2) is 0 Å². The summed E-state index contributed by atoms with van der Waals surface area (Å²) < 4.78 is 0. The SMILES string of the molecule is OCC1CCN(CC2CCCCCC2O)C1. The van der Waals surface area contributed by atoms with Crippen molar-refractivity contribution in [2.45, 2.75) is 44.6 Å². The molecule has 0 aromatic heterocycles. The predicted octanol–water partition coefficient (Wildman–Crippen LogP) is 1.24. The smallest absolute Gasteiger partial charge is 0.0580 e. The first-order valence-corrected chi connectivity index (χ1v) is 6.81. The maximum Gasteiger partial charge on any atom is 0.0580 e. The van der Waals surface area contributed by atoms with Crippen LogP contribution in [0.1, 0.15) is 38.5 Å². The molecule has 2 rings (SSSR count). The van der Waals surface area contributed by atoms with Crippen molar-refractivity contribution in [2.75, 3.05) is 26.2 Å². The van der Waals surface area contributed by atoms with Crippen molar-refractivity contribution in [3.63, 3.8) is 0 Å². The van der Waals surface area contributed by atoms with Crippen molar-refractivity contribution in [3.8, 4) is 0 Å². The Morgan fingerprint density at radius 2 is 1.88 bits per heavy atom. The lowest BCUT2D eigenvalue weighted by molar-refractivity contribution is 0.0774. The number of hydrogen-bond acceptors (Lipinski definition) is 3. The Balaban J connectivity index is 1.79. The van der Waals surface area contributed by atoms with Gasteiger partial charge in [0.05, 0.1) is 6.10 Å². The number of likely N-dealkylation sites (tertiary alicyclic amines) is 1. The lowest BCUT2D eigenvalue weighted by Gasteiger charge is -2.26. The van der Waals surface area contributed by atoms with Crippen LogP contribution in [-0.2, 0) is 0 Å². The molecule has 1 heterocycles. The van der Waals surface area contributed by atoms with E-state index in [0.29, 0.717) is 18.4 Å². The summed E-state index contributed by atoms with van der Waals surface area (Å²) in [6.07, 6.45) is 6.96. The molecule has 0 radical (unpaired) electrons. The lowest BCUT2D eigenvalue weighted by atomic mass is 9.97. The summed E-state index contributed by atoms with van der Waals surface area (Å²) >= 11 is 0. The molecule has 1 saturated carbocycles. The molecular formula is C13H25NO2. The third-order valence-corrected chi connectivity index (χ3v) is 4.24. The zero-order valence-electron chi connectivity index (χ0n) is 10.1. The first-order valence-electron chi connectivity index (χ1n) is 6.81. The molecule has 0 spiro atoms. The highest BCUT2D eigenvalue weighted by Gasteiger charge is 2.27. The average molecular weight is 227 g/mol. The highest BCUT2D eigenvalue weighted by atomic mass is 16.3. The number of hydrogen-bond donors (Lipinski definition) is 2. The zero-order valence-corrected chi connectivity index (χ0v) is 10.1. The second kappa shape index (κ2) is 5.99. The molecule has 16 heavy (non-hydrogen) atoms. The molecule has 2 fully saturated rings. The third-order valence-electron chi connectivity index (χ3n) is 4.24. The summed E-state index contributed by atoms with van der Waals surface area (Å²) in [5, 5.41) is 19.2. The van der Waals surface area contributed by atoms with Gasteiger partial charge in [0.2, 0.25) is 0 Å². The Bertz CT molecular complexity index is 210. The Labute approximate surface area is 98.5 Å². The van der Waals surface area contributed by atoms with E-state index in [2.05, 4.69) is 4.90 Å². The Morgan fingerprint density at radius 1 is 1.06 bits per heavy atom. The van der Waals surface area contributed by atoms with E-state index in [1.807, 2.05) is 0 Å². The minimum atomic E-state index is -0.0873. The topological polar surface area (TPSA) is 43.7 Å². The van der Waals surface area contributed by atoms with Crippen molar-refractivity contribution in [3.05, 3.63) is 0 Å². The Morgan fingerprint density at radius 3 is 2.62 bits per heavy atom. The molecule has 0 aromatic rings. The fourth-order valence-electron chi connectivity index (χ4n) is 3.14. The van der Waals surface area contributed by atoms with E-state index >= 15 is 0 Å². The number of nitrogens with zero attached hydrogens (tertiary/aromatic N) is 1. The van der Waals surface area contributed by atoms with Gasteiger partial charge in [-0.05, 0) is 37.6 Å². The van der Waals surface area contributed by atoms with Gasteiger partial charge in [-0.2, -0.15) is 0 Å². The molecular weight excluding hydrogens is 202 g/mol. The van der Waals surface area contributed by atoms with Gasteiger partial charge < -0.3 is 15.1 Å². The first kappa shape index (κ1) is 12.3. The van der Waals surface area contributed by atoms with Crippen LogP contribution in [0.25, 0.3) is 0 Å². The summed E-state index contributed by atoms with van der Waals surface area (Å²) in [6, 6.07) is 0. The van der Waals surface area contributed by atoms with Crippen molar-refractivity contribution in [2.24, 2.45) is 11.8 Å². The standard InChI is InChI=1S/C13H25NO2/c15-10-11-6-7-14(8-11)9-12-4-2-1-3-5-13(12)16/h11-13,15-16H,1-10H2. The molecule has 2 N–H and O–H groups in total. The van der Waals surface area contributed by atoms with Crippen LogP contribution in [0.3, 0.4) is 0 Å². The predicted molar refractivity (Wildman–Crippen MR) is 64.2 cm³/mol. The summed E-state index contributed by atoms with van der Waals surface area (Å²) in [4.78, 5) is 2.43. The minimum absolute atomic E-state index is 0.0873. The molecule has 3 atom stereocenters. The molecule has 0 amide bonds. The molecule has 3 unspecified atom stereocenters. The van der Waals surface area contributed by atoms with Crippen LogP contribution in [0.2, 0.25) is 0 Å². The number of aliphatic hydroxyl groups is 2. The van der Waals surface area contributed by atoms with Crippen molar-refractivity contribution >= 4 is 0 Å². The number of aliphatic hydroxyl groups excluding tert-OH is 2. The van der Waals surface area contributed by atoms with Crippen LogP contribution in [-0.4, -0.2) is 47.5 Å². The molecule has 0 bridgehead atoms. The fraction of sp³-hybridized carbons (Fsp3) is 1.00. The monoisotopic (exact) mass is 227 g/mol. The average Bonchev–Trinajstić information content (AvgIpc) is 2.65. The fourth-order valence-corrected chi connectivity index (χ4v) is 3.14. The first-order chi connectivity index (χ1) is 7.79. The van der Waals surface area contributed by atoms with Crippen molar-refractivity contribution in [1.82, 2.24) is 4.90 Å². The van der Waals surface area contributed by atoms with Crippen LogP contribution in [0, 0.1) is 11.8 Å². The highest BCUT2D eigenvalue weighted by molar-refractivity contribution is 4.81. The van der Waals surface area contributed by atoms with Gasteiger partial charge in [0, 0.05) is 19.7 Å². The summed E-state index contributed by atoms with van der Waals surface area (Å²) in [7, 11) is 0. The van der Waals surface area contributed by atoms with Crippen LogP contribution in [0.4, 0.5) is 0 Å². The summed E-state index contributed by atoms with van der Waals surface area (Å²) in [5.41, 5.74) is 0. The van der Waals surface area contributed by atoms with E-state index in [-0.39, 0.29) is 6.10 Å². The molecule has 3 heteroatoms. The van der Waals surface area contributed by atoms with E-state index in [4.69, 9.17) is 5.11 Å². The van der Waals surface area contributed by atoms with Gasteiger partial charge in [-0.1, -0.05) is 19.3 Å². The minimum Gasteiger partial charge on any atom is -0.396 e. The Hall–Kier alpha value is -0.120. The highest BCUT2D eigenvalue weighted by Crippen LogP contribution is 2.26. The van der Waals surface area contributed by atoms with Gasteiger partial charge in [-0.25, -0.2) is 0 Å². The number of rotatable bonds is 3. The second-order valence-electron chi connectivity index (χ2n) is 5.56. The molecule has 1 saturated heterocycles. The molecule has 1 aliphatic carbocycles. The normalized spacial score (nSPS) is 37.5. The van der Waals surface area contributed by atoms with Gasteiger partial charge >= 0.3 is 0 Å². The summed E-state index contributed by atoms with van der Waals surface area (Å²) in [6.45, 7) is 3.50. The van der Waals surface area contributed by atoms with Crippen molar-refractivity contribution < 1.29 is 10.2 Å². The van der Waals surface area contributed by atoms with E-state index in [1.54, 1.807) is 0 Å².